The molecule has 0 aliphatic heterocycles. The van der Waals surface area contributed by atoms with Gasteiger partial charge in [0, 0.05) is 0 Å². The molecule has 1 aromatic carbocycles. The number of carbonyl (C=O) groups excluding carboxylic acids is 1. The Morgan fingerprint density at radius 2 is 2.00 bits per heavy atom. The highest BCUT2D eigenvalue weighted by molar-refractivity contribution is 5.96. The normalized spacial score (nSPS) is 10.2. The Bertz CT molecular complexity index is 504. The summed E-state index contributed by atoms with van der Waals surface area (Å²) in [5.41, 5.74) is 12.2. The Labute approximate surface area is 92.7 Å². The van der Waals surface area contributed by atoms with Crippen LogP contribution in [0.4, 0.5) is 5.82 Å². The van der Waals surface area contributed by atoms with E-state index in [9.17, 15) is 4.79 Å². The number of carbonyl (C=O) groups is 1. The molecule has 4 N–H and O–H groups in total. The van der Waals surface area contributed by atoms with Crippen molar-refractivity contribution in [2.45, 2.75) is 6.54 Å². The van der Waals surface area contributed by atoms with Crippen LogP contribution in [-0.2, 0) is 6.54 Å². The maximum Gasteiger partial charge on any atom is 0.254 e. The fraction of sp³-hybridized carbons (Fsp3) is 0.0909. The lowest BCUT2D eigenvalue weighted by molar-refractivity contribution is 0.100. The fourth-order valence-electron chi connectivity index (χ4n) is 1.47. The minimum Gasteiger partial charge on any atom is -0.383 e. The van der Waals surface area contributed by atoms with Gasteiger partial charge in [-0.15, -0.1) is 0 Å². The van der Waals surface area contributed by atoms with Crippen LogP contribution in [0, 0.1) is 0 Å². The Kier molecular flexibility index (Phi) is 2.59. The summed E-state index contributed by atoms with van der Waals surface area (Å²) in [5, 5.41) is 4.02. The van der Waals surface area contributed by atoms with Crippen molar-refractivity contribution in [3.8, 4) is 0 Å². The summed E-state index contributed by atoms with van der Waals surface area (Å²) < 4.78 is 1.55. The average Bonchev–Trinajstić information content (AvgIpc) is 2.62. The van der Waals surface area contributed by atoms with E-state index in [-0.39, 0.29) is 5.56 Å². The molecule has 1 amide bonds. The molecule has 5 nitrogen and oxygen atoms in total. The van der Waals surface area contributed by atoms with Crippen molar-refractivity contribution in [1.82, 2.24) is 9.78 Å². The van der Waals surface area contributed by atoms with E-state index in [0.29, 0.717) is 12.4 Å². The smallest absolute Gasteiger partial charge is 0.254 e. The monoisotopic (exact) mass is 216 g/mol. The lowest BCUT2D eigenvalue weighted by Crippen LogP contribution is -2.14. The number of nitrogen functional groups attached to an aromatic ring is 1. The van der Waals surface area contributed by atoms with E-state index in [0.717, 1.165) is 5.56 Å². The highest BCUT2D eigenvalue weighted by Gasteiger charge is 2.11. The van der Waals surface area contributed by atoms with E-state index >= 15 is 0 Å². The van der Waals surface area contributed by atoms with Gasteiger partial charge in [0.25, 0.3) is 5.91 Å². The Hall–Kier alpha value is -2.30. The van der Waals surface area contributed by atoms with Crippen LogP contribution in [0.3, 0.4) is 0 Å². The van der Waals surface area contributed by atoms with Gasteiger partial charge in [0.05, 0.1) is 12.7 Å². The molecule has 0 spiro atoms. The molecule has 0 bridgehead atoms. The Morgan fingerprint density at radius 3 is 2.56 bits per heavy atom. The number of anilines is 1. The van der Waals surface area contributed by atoms with Crippen LogP contribution < -0.4 is 11.5 Å². The number of rotatable bonds is 3. The van der Waals surface area contributed by atoms with E-state index in [4.69, 9.17) is 11.5 Å². The van der Waals surface area contributed by atoms with E-state index in [1.165, 1.54) is 6.20 Å². The molecule has 5 heteroatoms. The first-order chi connectivity index (χ1) is 7.68. The third kappa shape index (κ3) is 1.88. The van der Waals surface area contributed by atoms with Crippen molar-refractivity contribution in [3.05, 3.63) is 47.7 Å². The summed E-state index contributed by atoms with van der Waals surface area (Å²) in [6, 6.07) is 9.73. The van der Waals surface area contributed by atoms with E-state index in [2.05, 4.69) is 5.10 Å². The van der Waals surface area contributed by atoms with Crippen molar-refractivity contribution in [3.63, 3.8) is 0 Å². The zero-order chi connectivity index (χ0) is 11.5. The van der Waals surface area contributed by atoms with Crippen molar-refractivity contribution >= 4 is 11.7 Å². The largest absolute Gasteiger partial charge is 0.383 e. The Balaban J connectivity index is 2.26. The second kappa shape index (κ2) is 4.06. The first-order valence-electron chi connectivity index (χ1n) is 4.83. The van der Waals surface area contributed by atoms with Crippen molar-refractivity contribution < 1.29 is 4.79 Å². The molecule has 2 aromatic rings. The van der Waals surface area contributed by atoms with Gasteiger partial charge in [0.1, 0.15) is 11.4 Å². The van der Waals surface area contributed by atoms with Gasteiger partial charge in [-0.3, -0.25) is 4.79 Å². The van der Waals surface area contributed by atoms with Crippen LogP contribution in [-0.4, -0.2) is 15.7 Å². The maximum atomic E-state index is 11.0. The third-order valence-electron chi connectivity index (χ3n) is 2.32. The van der Waals surface area contributed by atoms with Gasteiger partial charge in [-0.2, -0.15) is 5.10 Å². The molecule has 0 fully saturated rings. The predicted molar refractivity (Wildman–Crippen MR) is 60.7 cm³/mol. The summed E-state index contributed by atoms with van der Waals surface area (Å²) in [6.45, 7) is 0.528. The lowest BCUT2D eigenvalue weighted by atomic mass is 10.2. The highest BCUT2D eigenvalue weighted by atomic mass is 16.1. The van der Waals surface area contributed by atoms with Crippen LogP contribution in [0.15, 0.2) is 36.5 Å². The molecular weight excluding hydrogens is 204 g/mol. The van der Waals surface area contributed by atoms with Crippen molar-refractivity contribution in [2.24, 2.45) is 5.73 Å². The zero-order valence-corrected chi connectivity index (χ0v) is 8.63. The first-order valence-corrected chi connectivity index (χ1v) is 4.83. The SMILES string of the molecule is NC(=O)c1cnn(Cc2ccccc2)c1N. The van der Waals surface area contributed by atoms with E-state index < -0.39 is 5.91 Å². The summed E-state index contributed by atoms with van der Waals surface area (Å²) >= 11 is 0. The number of benzene rings is 1. The van der Waals surface area contributed by atoms with Gasteiger partial charge in [-0.25, -0.2) is 4.68 Å². The van der Waals surface area contributed by atoms with Crippen molar-refractivity contribution in [1.29, 1.82) is 0 Å². The van der Waals surface area contributed by atoms with Gasteiger partial charge < -0.3 is 11.5 Å². The summed E-state index contributed by atoms with van der Waals surface area (Å²) in [4.78, 5) is 11.0. The first kappa shape index (κ1) is 10.2. The van der Waals surface area contributed by atoms with Crippen molar-refractivity contribution in [2.75, 3.05) is 5.73 Å². The molecule has 1 heterocycles. The topological polar surface area (TPSA) is 86.9 Å². The van der Waals surface area contributed by atoms with Crippen LogP contribution >= 0.6 is 0 Å². The third-order valence-corrected chi connectivity index (χ3v) is 2.32. The number of nitrogens with two attached hydrogens (primary N) is 2. The van der Waals surface area contributed by atoms with Crippen LogP contribution in [0.2, 0.25) is 0 Å². The van der Waals surface area contributed by atoms with Crippen LogP contribution in [0.25, 0.3) is 0 Å². The summed E-state index contributed by atoms with van der Waals surface area (Å²) in [6.07, 6.45) is 1.39. The number of aromatic nitrogens is 2. The zero-order valence-electron chi connectivity index (χ0n) is 8.63. The molecular formula is C11H12N4O. The summed E-state index contributed by atoms with van der Waals surface area (Å²) in [5.74, 6) is -0.256. The molecule has 1 aromatic heterocycles. The maximum absolute atomic E-state index is 11.0. The molecule has 0 radical (unpaired) electrons. The highest BCUT2D eigenvalue weighted by Crippen LogP contribution is 2.12. The Morgan fingerprint density at radius 1 is 1.31 bits per heavy atom. The van der Waals surface area contributed by atoms with Gasteiger partial charge in [0.15, 0.2) is 0 Å². The number of nitrogens with zero attached hydrogens (tertiary/aromatic N) is 2. The molecule has 0 aliphatic carbocycles. The van der Waals surface area contributed by atoms with Gasteiger partial charge in [-0.1, -0.05) is 30.3 Å². The van der Waals surface area contributed by atoms with Gasteiger partial charge in [-0.05, 0) is 5.56 Å². The second-order valence-electron chi connectivity index (χ2n) is 3.45. The molecule has 0 saturated heterocycles. The average molecular weight is 216 g/mol. The molecule has 0 atom stereocenters. The van der Waals surface area contributed by atoms with Crippen LogP contribution in [0.1, 0.15) is 15.9 Å². The minimum absolute atomic E-state index is 0.260. The predicted octanol–water partition coefficient (Wildman–Crippen LogP) is 0.612. The standard InChI is InChI=1S/C11H12N4O/c12-10-9(11(13)16)6-14-15(10)7-8-4-2-1-3-5-8/h1-6H,7,12H2,(H2,13,16). The number of primary amides is 1. The van der Waals surface area contributed by atoms with Gasteiger partial charge in [0.2, 0.25) is 0 Å². The second-order valence-corrected chi connectivity index (χ2v) is 3.45. The van der Waals surface area contributed by atoms with Gasteiger partial charge >= 0.3 is 0 Å². The molecule has 16 heavy (non-hydrogen) atoms. The molecule has 2 rings (SSSR count). The molecule has 0 saturated carbocycles. The lowest BCUT2D eigenvalue weighted by Gasteiger charge is -2.04. The van der Waals surface area contributed by atoms with Crippen LogP contribution in [0.5, 0.6) is 0 Å². The number of hydrogen-bond acceptors (Lipinski definition) is 3. The quantitative estimate of drug-likeness (QED) is 0.788. The minimum atomic E-state index is -0.559. The fourth-order valence-corrected chi connectivity index (χ4v) is 1.47. The molecule has 82 valence electrons. The van der Waals surface area contributed by atoms with E-state index in [1.54, 1.807) is 4.68 Å². The summed E-state index contributed by atoms with van der Waals surface area (Å²) in [7, 11) is 0. The number of amides is 1. The number of hydrogen-bond donors (Lipinski definition) is 2. The molecule has 0 aliphatic rings. The molecule has 0 unspecified atom stereocenters. The van der Waals surface area contributed by atoms with E-state index in [1.807, 2.05) is 30.3 Å².